The summed E-state index contributed by atoms with van der Waals surface area (Å²) in [5.74, 6) is 0.915. The Balaban J connectivity index is 1.82. The predicted octanol–water partition coefficient (Wildman–Crippen LogP) is 5.24. The number of hydrogen-bond donors (Lipinski definition) is 0. The fraction of sp³-hybridized carbons (Fsp3) is 0.0667. The Bertz CT molecular complexity index is 661. The standard InChI is InChI=1S/C15H11BrOS/c16-13-5-3-12-9-14(6-4-11(12)8-13)17-10-15-2-1-7-18-15/h1-9H,10H2. The molecule has 0 saturated heterocycles. The number of hydrogen-bond acceptors (Lipinski definition) is 2. The molecule has 1 heterocycles. The summed E-state index contributed by atoms with van der Waals surface area (Å²) >= 11 is 5.19. The molecule has 0 radical (unpaired) electrons. The molecule has 0 aliphatic heterocycles. The fourth-order valence-corrected chi connectivity index (χ4v) is 2.83. The summed E-state index contributed by atoms with van der Waals surface area (Å²) in [6.45, 7) is 0.639. The zero-order valence-electron chi connectivity index (χ0n) is 9.60. The molecule has 3 rings (SSSR count). The number of benzene rings is 2. The molecule has 0 unspecified atom stereocenters. The van der Waals surface area contributed by atoms with Crippen LogP contribution in [0.3, 0.4) is 0 Å². The third-order valence-electron chi connectivity index (χ3n) is 2.73. The van der Waals surface area contributed by atoms with Crippen molar-refractivity contribution >= 4 is 38.0 Å². The van der Waals surface area contributed by atoms with E-state index in [1.807, 2.05) is 18.2 Å². The summed E-state index contributed by atoms with van der Waals surface area (Å²) in [6, 6.07) is 16.6. The van der Waals surface area contributed by atoms with Crippen molar-refractivity contribution < 1.29 is 4.74 Å². The van der Waals surface area contributed by atoms with Crippen LogP contribution in [-0.2, 0) is 6.61 Å². The molecular formula is C15H11BrOS. The van der Waals surface area contributed by atoms with Gasteiger partial charge in [0, 0.05) is 9.35 Å². The lowest BCUT2D eigenvalue weighted by atomic mass is 10.1. The Labute approximate surface area is 118 Å². The van der Waals surface area contributed by atoms with Crippen LogP contribution in [0.25, 0.3) is 10.8 Å². The SMILES string of the molecule is Brc1ccc2cc(OCc3cccs3)ccc2c1. The molecule has 0 atom stereocenters. The van der Waals surface area contributed by atoms with Crippen molar-refractivity contribution in [3.8, 4) is 5.75 Å². The van der Waals surface area contributed by atoms with Gasteiger partial charge < -0.3 is 4.74 Å². The van der Waals surface area contributed by atoms with Gasteiger partial charge in [-0.05, 0) is 46.5 Å². The van der Waals surface area contributed by atoms with E-state index >= 15 is 0 Å². The molecule has 0 amide bonds. The molecule has 3 aromatic rings. The fourth-order valence-electron chi connectivity index (χ4n) is 1.83. The van der Waals surface area contributed by atoms with Crippen LogP contribution in [0.15, 0.2) is 58.4 Å². The molecule has 1 aromatic heterocycles. The van der Waals surface area contributed by atoms with Crippen LogP contribution in [-0.4, -0.2) is 0 Å². The van der Waals surface area contributed by atoms with Gasteiger partial charge in [0.05, 0.1) is 0 Å². The van der Waals surface area contributed by atoms with Crippen molar-refractivity contribution in [1.29, 1.82) is 0 Å². The van der Waals surface area contributed by atoms with Gasteiger partial charge in [-0.1, -0.05) is 34.1 Å². The third-order valence-corrected chi connectivity index (χ3v) is 4.08. The maximum Gasteiger partial charge on any atom is 0.122 e. The monoisotopic (exact) mass is 318 g/mol. The van der Waals surface area contributed by atoms with E-state index < -0.39 is 0 Å². The van der Waals surface area contributed by atoms with Crippen LogP contribution in [0.5, 0.6) is 5.75 Å². The minimum atomic E-state index is 0.639. The molecule has 1 nitrogen and oxygen atoms in total. The largest absolute Gasteiger partial charge is 0.488 e. The predicted molar refractivity (Wildman–Crippen MR) is 80.3 cm³/mol. The van der Waals surface area contributed by atoms with Gasteiger partial charge in [-0.3, -0.25) is 0 Å². The second-order valence-electron chi connectivity index (χ2n) is 4.02. The lowest BCUT2D eigenvalue weighted by Gasteiger charge is -2.06. The number of halogens is 1. The van der Waals surface area contributed by atoms with Gasteiger partial charge in [0.1, 0.15) is 12.4 Å². The second-order valence-corrected chi connectivity index (χ2v) is 5.97. The molecule has 2 aromatic carbocycles. The van der Waals surface area contributed by atoms with Gasteiger partial charge in [0.25, 0.3) is 0 Å². The first kappa shape index (κ1) is 11.8. The Morgan fingerprint density at radius 3 is 2.67 bits per heavy atom. The molecule has 0 aliphatic rings. The molecule has 3 heteroatoms. The average molecular weight is 319 g/mol. The Kier molecular flexibility index (Phi) is 3.35. The summed E-state index contributed by atoms with van der Waals surface area (Å²) in [5, 5.41) is 4.48. The lowest BCUT2D eigenvalue weighted by molar-refractivity contribution is 0.310. The molecule has 0 spiro atoms. The molecule has 90 valence electrons. The van der Waals surface area contributed by atoms with E-state index in [9.17, 15) is 0 Å². The van der Waals surface area contributed by atoms with Crippen LogP contribution < -0.4 is 4.74 Å². The summed E-state index contributed by atoms with van der Waals surface area (Å²) in [7, 11) is 0. The summed E-state index contributed by atoms with van der Waals surface area (Å²) in [4.78, 5) is 1.24. The third kappa shape index (κ3) is 2.57. The Hall–Kier alpha value is -1.32. The molecule has 0 bridgehead atoms. The highest BCUT2D eigenvalue weighted by Gasteiger charge is 2.00. The topological polar surface area (TPSA) is 9.23 Å². The minimum absolute atomic E-state index is 0.639. The average Bonchev–Trinajstić information content (AvgIpc) is 2.89. The summed E-state index contributed by atoms with van der Waals surface area (Å²) in [5.41, 5.74) is 0. The van der Waals surface area contributed by atoms with E-state index in [0.717, 1.165) is 10.2 Å². The lowest BCUT2D eigenvalue weighted by Crippen LogP contribution is -1.92. The van der Waals surface area contributed by atoms with Gasteiger partial charge in [-0.2, -0.15) is 0 Å². The zero-order chi connectivity index (χ0) is 12.4. The highest BCUT2D eigenvalue weighted by molar-refractivity contribution is 9.10. The second kappa shape index (κ2) is 5.12. The molecule has 0 fully saturated rings. The van der Waals surface area contributed by atoms with E-state index in [0.29, 0.717) is 6.61 Å². The molecule has 18 heavy (non-hydrogen) atoms. The number of fused-ring (bicyclic) bond motifs is 1. The van der Waals surface area contributed by atoms with Crippen molar-refractivity contribution in [2.75, 3.05) is 0 Å². The van der Waals surface area contributed by atoms with E-state index in [4.69, 9.17) is 4.74 Å². The Morgan fingerprint density at radius 1 is 1.00 bits per heavy atom. The van der Waals surface area contributed by atoms with Gasteiger partial charge in [0.15, 0.2) is 0 Å². The van der Waals surface area contributed by atoms with E-state index in [1.54, 1.807) is 11.3 Å². The van der Waals surface area contributed by atoms with Gasteiger partial charge >= 0.3 is 0 Å². The maximum atomic E-state index is 5.79. The van der Waals surface area contributed by atoms with Crippen LogP contribution in [0.2, 0.25) is 0 Å². The maximum absolute atomic E-state index is 5.79. The van der Waals surface area contributed by atoms with E-state index in [-0.39, 0.29) is 0 Å². The van der Waals surface area contributed by atoms with E-state index in [2.05, 4.69) is 51.6 Å². The Morgan fingerprint density at radius 2 is 1.83 bits per heavy atom. The van der Waals surface area contributed by atoms with Crippen molar-refractivity contribution in [2.24, 2.45) is 0 Å². The summed E-state index contributed by atoms with van der Waals surface area (Å²) < 4.78 is 6.89. The normalized spacial score (nSPS) is 10.7. The van der Waals surface area contributed by atoms with Gasteiger partial charge in [-0.25, -0.2) is 0 Å². The quantitative estimate of drug-likeness (QED) is 0.641. The van der Waals surface area contributed by atoms with E-state index in [1.165, 1.54) is 15.6 Å². The zero-order valence-corrected chi connectivity index (χ0v) is 12.0. The first-order valence-corrected chi connectivity index (χ1v) is 7.33. The minimum Gasteiger partial charge on any atom is -0.488 e. The van der Waals surface area contributed by atoms with Gasteiger partial charge in [-0.15, -0.1) is 11.3 Å². The van der Waals surface area contributed by atoms with Crippen LogP contribution in [0.1, 0.15) is 4.88 Å². The van der Waals surface area contributed by atoms with Crippen molar-refractivity contribution in [2.45, 2.75) is 6.61 Å². The van der Waals surface area contributed by atoms with Crippen LogP contribution in [0, 0.1) is 0 Å². The highest BCUT2D eigenvalue weighted by atomic mass is 79.9. The summed E-state index contributed by atoms with van der Waals surface area (Å²) in [6.07, 6.45) is 0. The van der Waals surface area contributed by atoms with Crippen LogP contribution >= 0.6 is 27.3 Å². The molecule has 0 aliphatic carbocycles. The number of thiophene rings is 1. The van der Waals surface area contributed by atoms with Gasteiger partial charge in [0.2, 0.25) is 0 Å². The first-order chi connectivity index (χ1) is 8.81. The van der Waals surface area contributed by atoms with Crippen molar-refractivity contribution in [3.05, 3.63) is 63.3 Å². The molecular weight excluding hydrogens is 308 g/mol. The first-order valence-electron chi connectivity index (χ1n) is 5.66. The molecule has 0 saturated carbocycles. The van der Waals surface area contributed by atoms with Crippen molar-refractivity contribution in [1.82, 2.24) is 0 Å². The number of rotatable bonds is 3. The van der Waals surface area contributed by atoms with Crippen LogP contribution in [0.4, 0.5) is 0 Å². The van der Waals surface area contributed by atoms with Crippen molar-refractivity contribution in [3.63, 3.8) is 0 Å². The highest BCUT2D eigenvalue weighted by Crippen LogP contribution is 2.24. The number of ether oxygens (including phenoxy) is 1. The molecule has 0 N–H and O–H groups in total. The smallest absolute Gasteiger partial charge is 0.122 e.